The van der Waals surface area contributed by atoms with Crippen LogP contribution in [0.15, 0.2) is 28.9 Å². The summed E-state index contributed by atoms with van der Waals surface area (Å²) >= 11 is 0. The van der Waals surface area contributed by atoms with Gasteiger partial charge >= 0.3 is 0 Å². The Kier molecular flexibility index (Phi) is 6.32. The predicted octanol–water partition coefficient (Wildman–Crippen LogP) is 2.56. The molecule has 1 aromatic rings. The minimum absolute atomic E-state index is 0.367. The van der Waals surface area contributed by atoms with Crippen LogP contribution in [0.5, 0.6) is 0 Å². The van der Waals surface area contributed by atoms with E-state index in [1.54, 1.807) is 6.26 Å². The first-order valence-electron chi connectivity index (χ1n) is 9.50. The highest BCUT2D eigenvalue weighted by Gasteiger charge is 2.38. The third-order valence-corrected chi connectivity index (χ3v) is 5.42. The number of rotatable bonds is 7. The van der Waals surface area contributed by atoms with Crippen molar-refractivity contribution in [1.29, 1.82) is 0 Å². The molecule has 5 heteroatoms. The molecule has 0 aromatic carbocycles. The summed E-state index contributed by atoms with van der Waals surface area (Å²) in [6.45, 7) is 5.09. The Balaban J connectivity index is 1.50. The molecule has 0 N–H and O–H groups in total. The van der Waals surface area contributed by atoms with E-state index in [2.05, 4.69) is 34.9 Å². The maximum Gasteiger partial charge on any atom is 0.222 e. The monoisotopic (exact) mass is 345 g/mol. The first-order valence-corrected chi connectivity index (χ1v) is 9.50. The van der Waals surface area contributed by atoms with E-state index in [-0.39, 0.29) is 0 Å². The average molecular weight is 345 g/mol. The molecule has 0 radical (unpaired) electrons. The Labute approximate surface area is 151 Å². The second kappa shape index (κ2) is 8.68. The summed E-state index contributed by atoms with van der Waals surface area (Å²) in [4.78, 5) is 19.3. The van der Waals surface area contributed by atoms with Gasteiger partial charge in [-0.1, -0.05) is 6.08 Å². The number of nitrogens with zero attached hydrogens (tertiary/aromatic N) is 3. The van der Waals surface area contributed by atoms with Gasteiger partial charge in [0.1, 0.15) is 5.76 Å². The van der Waals surface area contributed by atoms with E-state index in [1.807, 2.05) is 18.2 Å². The minimum Gasteiger partial charge on any atom is -0.465 e. The smallest absolute Gasteiger partial charge is 0.222 e. The van der Waals surface area contributed by atoms with Crippen molar-refractivity contribution in [1.82, 2.24) is 14.7 Å². The fourth-order valence-corrected chi connectivity index (χ4v) is 4.14. The van der Waals surface area contributed by atoms with Gasteiger partial charge in [-0.25, -0.2) is 0 Å². The van der Waals surface area contributed by atoms with Crippen LogP contribution in [0, 0.1) is 5.92 Å². The highest BCUT2D eigenvalue weighted by Crippen LogP contribution is 2.31. The van der Waals surface area contributed by atoms with E-state index < -0.39 is 0 Å². The van der Waals surface area contributed by atoms with E-state index >= 15 is 0 Å². The topological polar surface area (TPSA) is 39.9 Å². The zero-order valence-electron chi connectivity index (χ0n) is 15.6. The molecule has 0 spiro atoms. The molecular formula is C20H31N3O2. The second-order valence-electron chi connectivity index (χ2n) is 7.58. The molecule has 3 rings (SSSR count). The van der Waals surface area contributed by atoms with E-state index in [0.717, 1.165) is 64.2 Å². The van der Waals surface area contributed by atoms with E-state index in [9.17, 15) is 4.79 Å². The molecule has 0 aliphatic carbocycles. The van der Waals surface area contributed by atoms with E-state index in [4.69, 9.17) is 4.42 Å². The van der Waals surface area contributed by atoms with Crippen molar-refractivity contribution in [2.75, 3.05) is 46.8 Å². The molecular weight excluding hydrogens is 314 g/mol. The lowest BCUT2D eigenvalue weighted by atomic mass is 9.83. The number of piperidine rings is 2. The molecule has 1 amide bonds. The summed E-state index contributed by atoms with van der Waals surface area (Å²) in [5, 5.41) is 0. The van der Waals surface area contributed by atoms with Crippen LogP contribution in [0.1, 0.15) is 31.4 Å². The molecule has 0 saturated carbocycles. The normalized spacial score (nSPS) is 25.1. The van der Waals surface area contributed by atoms with Gasteiger partial charge in [-0.3, -0.25) is 9.69 Å². The van der Waals surface area contributed by atoms with Crippen LogP contribution >= 0.6 is 0 Å². The molecule has 5 nitrogen and oxygen atoms in total. The van der Waals surface area contributed by atoms with Crippen molar-refractivity contribution in [2.24, 2.45) is 5.92 Å². The average Bonchev–Trinajstić information content (AvgIpc) is 3.10. The highest BCUT2D eigenvalue weighted by molar-refractivity contribution is 5.77. The van der Waals surface area contributed by atoms with Crippen molar-refractivity contribution in [2.45, 2.75) is 31.7 Å². The van der Waals surface area contributed by atoms with Gasteiger partial charge in [-0.15, -0.1) is 0 Å². The maximum absolute atomic E-state index is 12.4. The van der Waals surface area contributed by atoms with Crippen LogP contribution in [0.2, 0.25) is 0 Å². The predicted molar refractivity (Wildman–Crippen MR) is 100 cm³/mol. The lowest BCUT2D eigenvalue weighted by molar-refractivity contribution is -0.141. The number of fused-ring (bicyclic) bond motifs is 1. The van der Waals surface area contributed by atoms with Gasteiger partial charge in [0.05, 0.1) is 6.26 Å². The third-order valence-electron chi connectivity index (χ3n) is 5.42. The van der Waals surface area contributed by atoms with E-state index in [0.29, 0.717) is 17.9 Å². The molecule has 138 valence electrons. The number of carbonyl (C=O) groups is 1. The zero-order valence-corrected chi connectivity index (χ0v) is 15.6. The summed E-state index contributed by atoms with van der Waals surface area (Å²) in [5.74, 6) is 1.90. The first-order chi connectivity index (χ1) is 12.1. The van der Waals surface area contributed by atoms with Crippen LogP contribution in [0.4, 0.5) is 0 Å². The molecule has 2 aliphatic heterocycles. The van der Waals surface area contributed by atoms with Gasteiger partial charge in [-0.05, 0) is 64.0 Å². The fraction of sp³-hybridized carbons (Fsp3) is 0.650. The van der Waals surface area contributed by atoms with Crippen LogP contribution < -0.4 is 0 Å². The van der Waals surface area contributed by atoms with Crippen LogP contribution in [-0.4, -0.2) is 73.5 Å². The Morgan fingerprint density at radius 1 is 1.36 bits per heavy atom. The Bertz CT molecular complexity index is 568. The van der Waals surface area contributed by atoms with Crippen molar-refractivity contribution < 1.29 is 9.21 Å². The number of carbonyl (C=O) groups excluding carboxylic acids is 1. The fourth-order valence-electron chi connectivity index (χ4n) is 4.14. The van der Waals surface area contributed by atoms with Gasteiger partial charge in [0.25, 0.3) is 0 Å². The van der Waals surface area contributed by atoms with Gasteiger partial charge in [0.2, 0.25) is 5.91 Å². The van der Waals surface area contributed by atoms with Crippen molar-refractivity contribution in [3.8, 4) is 0 Å². The Morgan fingerprint density at radius 3 is 3.00 bits per heavy atom. The van der Waals surface area contributed by atoms with Gasteiger partial charge in [0.15, 0.2) is 0 Å². The number of amides is 1. The van der Waals surface area contributed by atoms with Crippen molar-refractivity contribution in [3.63, 3.8) is 0 Å². The largest absolute Gasteiger partial charge is 0.465 e. The van der Waals surface area contributed by atoms with Gasteiger partial charge in [0, 0.05) is 38.6 Å². The molecule has 0 unspecified atom stereocenters. The molecule has 25 heavy (non-hydrogen) atoms. The lowest BCUT2D eigenvalue weighted by Gasteiger charge is -2.47. The zero-order chi connectivity index (χ0) is 17.6. The first kappa shape index (κ1) is 18.2. The number of hydrogen-bond donors (Lipinski definition) is 0. The molecule has 0 bridgehead atoms. The number of hydrogen-bond acceptors (Lipinski definition) is 4. The summed E-state index contributed by atoms with van der Waals surface area (Å²) in [7, 11) is 4.19. The SMILES string of the molecule is CN(C)CCCN1C(=O)CC[C@@H]2CN(C/C=C/c3ccco3)CC[C@@H]21. The van der Waals surface area contributed by atoms with Crippen LogP contribution in [0.3, 0.4) is 0 Å². The van der Waals surface area contributed by atoms with E-state index in [1.165, 1.54) is 0 Å². The molecule has 2 saturated heterocycles. The third kappa shape index (κ3) is 4.95. The molecule has 1 aromatic heterocycles. The Morgan fingerprint density at radius 2 is 2.24 bits per heavy atom. The lowest BCUT2D eigenvalue weighted by Crippen LogP contribution is -2.56. The quantitative estimate of drug-likeness (QED) is 0.761. The summed E-state index contributed by atoms with van der Waals surface area (Å²) in [6, 6.07) is 4.34. The van der Waals surface area contributed by atoms with Crippen LogP contribution in [0.25, 0.3) is 6.08 Å². The Hall–Kier alpha value is -1.59. The van der Waals surface area contributed by atoms with Crippen molar-refractivity contribution in [3.05, 3.63) is 30.2 Å². The van der Waals surface area contributed by atoms with Crippen molar-refractivity contribution >= 4 is 12.0 Å². The molecule has 2 atom stereocenters. The minimum atomic E-state index is 0.367. The molecule has 2 fully saturated rings. The summed E-state index contributed by atoms with van der Waals surface area (Å²) < 4.78 is 5.34. The summed E-state index contributed by atoms with van der Waals surface area (Å²) in [6.07, 6.45) is 9.87. The van der Waals surface area contributed by atoms with Crippen LogP contribution in [-0.2, 0) is 4.79 Å². The summed E-state index contributed by atoms with van der Waals surface area (Å²) in [5.41, 5.74) is 0. The number of furan rings is 1. The molecule has 2 aliphatic rings. The maximum atomic E-state index is 12.4. The second-order valence-corrected chi connectivity index (χ2v) is 7.58. The molecule has 3 heterocycles. The number of likely N-dealkylation sites (tertiary alicyclic amines) is 2. The standard InChI is InChI=1S/C20H31N3O2/c1-21(2)11-5-13-23-19-10-14-22(16-17(19)8-9-20(23)24)12-3-6-18-7-4-15-25-18/h3-4,6-7,15,17,19H,5,8-14,16H2,1-2H3/b6-3+/t17-,19+/m1/s1. The highest BCUT2D eigenvalue weighted by atomic mass is 16.3. The van der Waals surface area contributed by atoms with Gasteiger partial charge in [-0.2, -0.15) is 0 Å². The van der Waals surface area contributed by atoms with Gasteiger partial charge < -0.3 is 14.2 Å².